The van der Waals surface area contributed by atoms with Crippen molar-refractivity contribution >= 4 is 82.3 Å². The van der Waals surface area contributed by atoms with Crippen molar-refractivity contribution in [3.05, 3.63) is 0 Å². The number of thioether (sulfide) groups is 7. The van der Waals surface area contributed by atoms with Crippen molar-refractivity contribution in [3.8, 4) is 0 Å². The molecule has 0 unspecified atom stereocenters. The van der Waals surface area contributed by atoms with Crippen LogP contribution in [-0.4, -0.2) is 285 Å². The number of hydrogen-bond acceptors (Lipinski definition) is 28. The summed E-state index contributed by atoms with van der Waals surface area (Å²) in [7, 11) is 0. The molecule has 14 bridgehead atoms. The van der Waals surface area contributed by atoms with Crippen molar-refractivity contribution in [1.82, 2.24) is 0 Å². The molecule has 22 rings (SSSR count). The van der Waals surface area contributed by atoms with Crippen LogP contribution in [0.4, 0.5) is 0 Å². The van der Waals surface area contributed by atoms with E-state index in [1.807, 2.05) is 0 Å². The molecule has 0 saturated carbocycles. The molecule has 7 N–H and O–H groups in total. The van der Waals surface area contributed by atoms with Crippen LogP contribution in [0.1, 0.15) is 0 Å². The smallest absolute Gasteiger partial charge is 0.171 e. The second-order valence-electron chi connectivity index (χ2n) is 20.2. The lowest BCUT2D eigenvalue weighted by Crippen LogP contribution is -2.58. The molecule has 22 aliphatic rings. The molecular formula is C42H56O21S7. The summed E-state index contributed by atoms with van der Waals surface area (Å²) in [5.41, 5.74) is 0. The summed E-state index contributed by atoms with van der Waals surface area (Å²) in [6.45, 7) is -2.26. The average molecular weight is 1120 g/mol. The van der Waals surface area contributed by atoms with Gasteiger partial charge in [0.2, 0.25) is 0 Å². The summed E-state index contributed by atoms with van der Waals surface area (Å²) in [5, 5.41) is 73.5. The Morgan fingerprint density at radius 2 is 0.314 bits per heavy atom. The zero-order chi connectivity index (χ0) is 47.0. The van der Waals surface area contributed by atoms with E-state index in [0.29, 0.717) is 0 Å². The molecule has 21 nitrogen and oxygen atoms in total. The lowest BCUT2D eigenvalue weighted by atomic mass is 10.0. The zero-order valence-electron chi connectivity index (χ0n) is 36.9. The normalized spacial score (nSPS) is 62.7. The Kier molecular flexibility index (Phi) is 13.1. The van der Waals surface area contributed by atoms with Gasteiger partial charge in [-0.25, -0.2) is 0 Å². The maximum atomic E-state index is 10.7. The maximum Gasteiger partial charge on any atom is 0.171 e. The lowest BCUT2D eigenvalue weighted by molar-refractivity contribution is -0.315. The van der Waals surface area contributed by atoms with Gasteiger partial charge < -0.3 is 102 Å². The van der Waals surface area contributed by atoms with Crippen LogP contribution >= 0.6 is 82.3 Å². The van der Waals surface area contributed by atoms with Crippen LogP contribution in [0.25, 0.3) is 0 Å². The van der Waals surface area contributed by atoms with Gasteiger partial charge in [0.25, 0.3) is 0 Å². The SMILES string of the molecule is OC[C@H]1O[C@@H]2O[C@H]3[C@H]4S[C@H]4[C@@H](O[C@H]4[C@H]5S[C@H]5[C@@H](O[C@H]5[C@H]6S[C@H]6[C@@H](O[C@H]6[C@H]7S[C@H]7[C@@H](O[C@H]7[C@H]8S[C@H]8[C@@H](O[C@H]8[C@H]9S[C@H]9[C@@H](O[C@H]1[C@H]1S[C@@H]21)O[C@@H]8CO)O[C@@H]7CO)O[C@@H]6CO)O[C@@H]5CO)O[C@@H]4CO)O[C@@H]3CO. The monoisotopic (exact) mass is 1120 g/mol. The molecular weight excluding hydrogens is 1060 g/mol. The van der Waals surface area contributed by atoms with Gasteiger partial charge in [0.15, 0.2) is 44.0 Å². The van der Waals surface area contributed by atoms with Crippen molar-refractivity contribution in [2.45, 2.75) is 203 Å². The van der Waals surface area contributed by atoms with E-state index in [0.717, 1.165) is 0 Å². The highest BCUT2D eigenvalue weighted by Crippen LogP contribution is 2.63. The van der Waals surface area contributed by atoms with Gasteiger partial charge in [0.05, 0.1) is 120 Å². The van der Waals surface area contributed by atoms with E-state index < -0.39 is 129 Å². The molecule has 0 amide bonds. The van der Waals surface area contributed by atoms with Gasteiger partial charge in [0, 0.05) is 0 Å². The molecule has 392 valence electrons. The maximum absolute atomic E-state index is 10.7. The van der Waals surface area contributed by atoms with Crippen LogP contribution in [0.2, 0.25) is 0 Å². The standard InChI is InChI=1S/C42H56O21S7/c43-1-8-15-22-29(64-22)36(50-8)58-16-9(2-44)52-38(31-23(16)66-31)60-18-11(4-46)54-40(33-25(18)68-33)62-20-13(6-48)56-42(35-27(20)70-35)63-21-14(7-49)55-41(34-28(21)69-34)61-19-12(5-47)53-39(32-26(19)67-32)59-17-10(3-45)51-37(57-15)30-24(17)65-30/h8-49H,1-7H2/t8-,9-,10-,11-,12-,13-,14-,15-,16-,17-,18-,19-,20-,21-,22-,23-,24-,25-,26-,27-,28-,29-,30-,31-,32-,33-,34-,35-,36-,37-,38-,39-,40-,41-,42-/m1/s1. The third kappa shape index (κ3) is 8.39. The summed E-state index contributed by atoms with van der Waals surface area (Å²) in [6.07, 6.45) is -13.5. The topological polar surface area (TPSA) is 271 Å². The van der Waals surface area contributed by atoms with Gasteiger partial charge in [0.1, 0.15) is 85.5 Å². The van der Waals surface area contributed by atoms with Crippen LogP contribution in [0.5, 0.6) is 0 Å². The van der Waals surface area contributed by atoms with Crippen molar-refractivity contribution in [1.29, 1.82) is 0 Å². The van der Waals surface area contributed by atoms with E-state index in [2.05, 4.69) is 0 Å². The van der Waals surface area contributed by atoms with Gasteiger partial charge in [-0.1, -0.05) is 0 Å². The molecule has 35 atom stereocenters. The number of rotatable bonds is 7. The third-order valence-electron chi connectivity index (χ3n) is 16.1. The predicted molar refractivity (Wildman–Crippen MR) is 251 cm³/mol. The fraction of sp³-hybridized carbons (Fsp3) is 1.00. The summed E-state index contributed by atoms with van der Waals surface area (Å²) < 4.78 is 91.7. The van der Waals surface area contributed by atoms with E-state index >= 15 is 0 Å². The Morgan fingerprint density at radius 1 is 0.186 bits per heavy atom. The molecule has 22 saturated heterocycles. The first-order valence-electron chi connectivity index (χ1n) is 24.3. The fourth-order valence-corrected chi connectivity index (χ4v) is 20.6. The van der Waals surface area contributed by atoms with Crippen LogP contribution in [0.3, 0.4) is 0 Å². The second kappa shape index (κ2) is 18.9. The van der Waals surface area contributed by atoms with Gasteiger partial charge in [-0.3, -0.25) is 0 Å². The number of fused-ring (bicyclic) bond motifs is 6. The van der Waals surface area contributed by atoms with Crippen molar-refractivity contribution in [3.63, 3.8) is 0 Å². The Balaban J connectivity index is 0.676. The number of aliphatic hydroxyl groups is 7. The first kappa shape index (κ1) is 48.7. The highest BCUT2D eigenvalue weighted by Gasteiger charge is 2.70. The lowest BCUT2D eigenvalue weighted by Gasteiger charge is -2.42. The molecule has 0 aromatic carbocycles. The fourth-order valence-electron chi connectivity index (χ4n) is 12.1. The van der Waals surface area contributed by atoms with Gasteiger partial charge >= 0.3 is 0 Å². The van der Waals surface area contributed by atoms with Crippen LogP contribution < -0.4 is 0 Å². The second-order valence-corrected chi connectivity index (χ2v) is 29.8. The minimum Gasteiger partial charge on any atom is -0.394 e. The Labute approximate surface area is 431 Å². The molecule has 0 aromatic rings. The van der Waals surface area contributed by atoms with Crippen molar-refractivity contribution < 1.29 is 102 Å². The molecule has 0 spiro atoms. The molecule has 70 heavy (non-hydrogen) atoms. The van der Waals surface area contributed by atoms with Crippen LogP contribution in [0.15, 0.2) is 0 Å². The first-order chi connectivity index (χ1) is 34.3. The third-order valence-corrected chi connectivity index (χ3v) is 25.8. The minimum atomic E-state index is -0.727. The van der Waals surface area contributed by atoms with Gasteiger partial charge in [-0.2, -0.15) is 0 Å². The summed E-state index contributed by atoms with van der Waals surface area (Å²) in [5.74, 6) is 0. The van der Waals surface area contributed by atoms with E-state index in [4.69, 9.17) is 66.3 Å². The minimum absolute atomic E-state index is 0.0517. The first-order valence-corrected chi connectivity index (χ1v) is 30.9. The van der Waals surface area contributed by atoms with E-state index in [9.17, 15) is 35.7 Å². The summed E-state index contributed by atoms with van der Waals surface area (Å²) in [4.78, 5) is 0. The number of ether oxygens (including phenoxy) is 14. The molecule has 22 heterocycles. The largest absolute Gasteiger partial charge is 0.394 e. The van der Waals surface area contributed by atoms with E-state index in [1.165, 1.54) is 0 Å². The number of hydrogen-bond donors (Lipinski definition) is 7. The predicted octanol–water partition coefficient (Wildman–Crippen LogP) is -2.90. The quantitative estimate of drug-likeness (QED) is 0.126. The highest BCUT2D eigenvalue weighted by atomic mass is 32.2. The molecule has 22 fully saturated rings. The van der Waals surface area contributed by atoms with Gasteiger partial charge in [-0.05, 0) is 0 Å². The Morgan fingerprint density at radius 3 is 0.429 bits per heavy atom. The molecule has 22 aliphatic heterocycles. The molecule has 0 aromatic heterocycles. The Bertz CT molecular complexity index is 1590. The molecule has 0 radical (unpaired) electrons. The van der Waals surface area contributed by atoms with Gasteiger partial charge in [-0.15, -0.1) is 82.3 Å². The number of aliphatic hydroxyl groups excluding tert-OH is 7. The Hall–Kier alpha value is 1.61. The van der Waals surface area contributed by atoms with E-state index in [1.54, 1.807) is 82.3 Å². The van der Waals surface area contributed by atoms with E-state index in [-0.39, 0.29) is 120 Å². The van der Waals surface area contributed by atoms with Crippen LogP contribution in [-0.2, 0) is 66.3 Å². The summed E-state index contributed by atoms with van der Waals surface area (Å²) in [6, 6.07) is 0. The zero-order valence-corrected chi connectivity index (χ0v) is 42.6. The van der Waals surface area contributed by atoms with Crippen LogP contribution in [0, 0.1) is 0 Å². The molecule has 0 aliphatic carbocycles. The average Bonchev–Trinajstić information content (AvgIpc) is 4.15. The molecule has 28 heteroatoms. The van der Waals surface area contributed by atoms with Crippen molar-refractivity contribution in [2.75, 3.05) is 46.2 Å². The van der Waals surface area contributed by atoms with Crippen molar-refractivity contribution in [2.24, 2.45) is 0 Å². The highest BCUT2D eigenvalue weighted by molar-refractivity contribution is 8.09. The summed E-state index contributed by atoms with van der Waals surface area (Å²) >= 11 is 11.5.